The molecule has 0 aliphatic carbocycles. The molecular weight excluding hydrogens is 202 g/mol. The third-order valence-electron chi connectivity index (χ3n) is 3.06. The highest BCUT2D eigenvalue weighted by molar-refractivity contribution is 4.99. The molecule has 0 aromatic carbocycles. The SMILES string of the molecule is CC(C)n1ccc(CN2CCC[C@H](O)C2)n1. The van der Waals surface area contributed by atoms with Crippen LogP contribution in [0.4, 0.5) is 0 Å². The van der Waals surface area contributed by atoms with E-state index < -0.39 is 0 Å². The van der Waals surface area contributed by atoms with Crippen LogP contribution >= 0.6 is 0 Å². The van der Waals surface area contributed by atoms with Crippen LogP contribution in [0.25, 0.3) is 0 Å². The summed E-state index contributed by atoms with van der Waals surface area (Å²) in [5, 5.41) is 14.1. The molecule has 1 aliphatic rings. The van der Waals surface area contributed by atoms with E-state index in [4.69, 9.17) is 0 Å². The number of nitrogens with zero attached hydrogens (tertiary/aromatic N) is 3. The van der Waals surface area contributed by atoms with Gasteiger partial charge in [0.05, 0.1) is 11.8 Å². The lowest BCUT2D eigenvalue weighted by Gasteiger charge is -2.29. The minimum absolute atomic E-state index is 0.152. The van der Waals surface area contributed by atoms with Gasteiger partial charge in [0.25, 0.3) is 0 Å². The van der Waals surface area contributed by atoms with E-state index in [2.05, 4.69) is 29.9 Å². The Morgan fingerprint density at radius 3 is 3.00 bits per heavy atom. The average Bonchev–Trinajstić information content (AvgIpc) is 2.66. The summed E-state index contributed by atoms with van der Waals surface area (Å²) >= 11 is 0. The molecule has 1 fully saturated rings. The monoisotopic (exact) mass is 223 g/mol. The van der Waals surface area contributed by atoms with Crippen molar-refractivity contribution in [2.75, 3.05) is 13.1 Å². The number of aliphatic hydroxyl groups is 1. The summed E-state index contributed by atoms with van der Waals surface area (Å²) in [6.07, 6.45) is 3.91. The lowest BCUT2D eigenvalue weighted by atomic mass is 10.1. The molecule has 2 heterocycles. The molecule has 0 unspecified atom stereocenters. The van der Waals surface area contributed by atoms with E-state index in [9.17, 15) is 5.11 Å². The first-order chi connectivity index (χ1) is 7.65. The summed E-state index contributed by atoms with van der Waals surface area (Å²) in [5.74, 6) is 0. The number of hydrogen-bond donors (Lipinski definition) is 1. The molecule has 1 aromatic heterocycles. The molecular formula is C12H21N3O. The Morgan fingerprint density at radius 2 is 2.38 bits per heavy atom. The molecule has 16 heavy (non-hydrogen) atoms. The Balaban J connectivity index is 1.92. The lowest BCUT2D eigenvalue weighted by molar-refractivity contribution is 0.0661. The van der Waals surface area contributed by atoms with Gasteiger partial charge in [0.2, 0.25) is 0 Å². The molecule has 2 rings (SSSR count). The summed E-state index contributed by atoms with van der Waals surface area (Å²) in [5.41, 5.74) is 1.10. The van der Waals surface area contributed by atoms with Gasteiger partial charge in [0.15, 0.2) is 0 Å². The standard InChI is InChI=1S/C12H21N3O/c1-10(2)15-7-5-11(13-15)8-14-6-3-4-12(16)9-14/h5,7,10,12,16H,3-4,6,8-9H2,1-2H3/t12-/m0/s1. The predicted octanol–water partition coefficient (Wildman–Crippen LogP) is 1.42. The van der Waals surface area contributed by atoms with Gasteiger partial charge in [-0.3, -0.25) is 9.58 Å². The second-order valence-corrected chi connectivity index (χ2v) is 4.91. The Hall–Kier alpha value is -0.870. The first kappa shape index (κ1) is 11.6. The maximum absolute atomic E-state index is 9.58. The van der Waals surface area contributed by atoms with Gasteiger partial charge < -0.3 is 5.11 Å². The Kier molecular flexibility index (Phi) is 3.61. The van der Waals surface area contributed by atoms with Crippen molar-refractivity contribution in [2.24, 2.45) is 0 Å². The molecule has 0 spiro atoms. The van der Waals surface area contributed by atoms with E-state index in [1.165, 1.54) is 0 Å². The van der Waals surface area contributed by atoms with Crippen molar-refractivity contribution >= 4 is 0 Å². The molecule has 1 aromatic rings. The fraction of sp³-hybridized carbons (Fsp3) is 0.750. The molecule has 0 saturated carbocycles. The third kappa shape index (κ3) is 2.83. The molecule has 1 saturated heterocycles. The summed E-state index contributed by atoms with van der Waals surface area (Å²) in [7, 11) is 0. The van der Waals surface area contributed by atoms with Crippen LogP contribution < -0.4 is 0 Å². The van der Waals surface area contributed by atoms with E-state index in [0.717, 1.165) is 38.2 Å². The minimum atomic E-state index is -0.152. The average molecular weight is 223 g/mol. The van der Waals surface area contributed by atoms with E-state index in [0.29, 0.717) is 6.04 Å². The fourth-order valence-electron chi connectivity index (χ4n) is 2.15. The topological polar surface area (TPSA) is 41.3 Å². The predicted molar refractivity (Wildman–Crippen MR) is 63.1 cm³/mol. The van der Waals surface area contributed by atoms with Crippen molar-refractivity contribution in [2.45, 2.75) is 45.4 Å². The van der Waals surface area contributed by atoms with Gasteiger partial charge in [-0.05, 0) is 39.3 Å². The van der Waals surface area contributed by atoms with Crippen LogP contribution in [0.3, 0.4) is 0 Å². The van der Waals surface area contributed by atoms with Gasteiger partial charge in [-0.2, -0.15) is 5.10 Å². The van der Waals surface area contributed by atoms with Crippen LogP contribution in [0.15, 0.2) is 12.3 Å². The number of aliphatic hydroxyl groups excluding tert-OH is 1. The van der Waals surface area contributed by atoms with Crippen LogP contribution in [0.5, 0.6) is 0 Å². The molecule has 0 radical (unpaired) electrons. The number of rotatable bonds is 3. The highest BCUT2D eigenvalue weighted by Crippen LogP contribution is 2.13. The highest BCUT2D eigenvalue weighted by Gasteiger charge is 2.18. The van der Waals surface area contributed by atoms with Crippen molar-refractivity contribution in [1.29, 1.82) is 0 Å². The van der Waals surface area contributed by atoms with Crippen molar-refractivity contribution in [1.82, 2.24) is 14.7 Å². The van der Waals surface area contributed by atoms with Crippen LogP contribution in [-0.2, 0) is 6.54 Å². The van der Waals surface area contributed by atoms with E-state index >= 15 is 0 Å². The zero-order valence-corrected chi connectivity index (χ0v) is 10.1. The molecule has 4 nitrogen and oxygen atoms in total. The molecule has 4 heteroatoms. The molecule has 90 valence electrons. The Bertz CT molecular complexity index is 335. The van der Waals surface area contributed by atoms with Gasteiger partial charge in [-0.1, -0.05) is 0 Å². The van der Waals surface area contributed by atoms with E-state index in [-0.39, 0.29) is 6.10 Å². The van der Waals surface area contributed by atoms with Crippen LogP contribution in [0.2, 0.25) is 0 Å². The van der Waals surface area contributed by atoms with Crippen molar-refractivity contribution in [3.05, 3.63) is 18.0 Å². The minimum Gasteiger partial charge on any atom is -0.392 e. The lowest BCUT2D eigenvalue weighted by Crippen LogP contribution is -2.37. The van der Waals surface area contributed by atoms with Crippen molar-refractivity contribution in [3.63, 3.8) is 0 Å². The van der Waals surface area contributed by atoms with Crippen LogP contribution in [-0.4, -0.2) is 39.0 Å². The number of hydrogen-bond acceptors (Lipinski definition) is 3. The fourth-order valence-corrected chi connectivity index (χ4v) is 2.15. The van der Waals surface area contributed by atoms with Crippen LogP contribution in [0.1, 0.15) is 38.4 Å². The van der Waals surface area contributed by atoms with E-state index in [1.54, 1.807) is 0 Å². The third-order valence-corrected chi connectivity index (χ3v) is 3.06. The zero-order valence-electron chi connectivity index (χ0n) is 10.1. The Morgan fingerprint density at radius 1 is 1.56 bits per heavy atom. The number of likely N-dealkylation sites (tertiary alicyclic amines) is 1. The highest BCUT2D eigenvalue weighted by atomic mass is 16.3. The van der Waals surface area contributed by atoms with E-state index in [1.807, 2.05) is 10.9 Å². The maximum atomic E-state index is 9.58. The molecule has 1 N–H and O–H groups in total. The number of β-amino-alcohol motifs (C(OH)–C–C–N with tert-alkyl or cyclic N) is 1. The molecule has 1 aliphatic heterocycles. The summed E-state index contributed by atoms with van der Waals surface area (Å²) in [6.45, 7) is 6.97. The second-order valence-electron chi connectivity index (χ2n) is 4.91. The molecule has 1 atom stereocenters. The maximum Gasteiger partial charge on any atom is 0.0764 e. The summed E-state index contributed by atoms with van der Waals surface area (Å²) in [6, 6.07) is 2.49. The van der Waals surface area contributed by atoms with Crippen molar-refractivity contribution < 1.29 is 5.11 Å². The normalized spacial score (nSPS) is 22.9. The smallest absolute Gasteiger partial charge is 0.0764 e. The first-order valence-corrected chi connectivity index (χ1v) is 6.09. The number of piperidine rings is 1. The van der Waals surface area contributed by atoms with Gasteiger partial charge >= 0.3 is 0 Å². The molecule has 0 bridgehead atoms. The summed E-state index contributed by atoms with van der Waals surface area (Å²) in [4.78, 5) is 2.28. The van der Waals surface area contributed by atoms with Gasteiger partial charge in [-0.15, -0.1) is 0 Å². The van der Waals surface area contributed by atoms with Gasteiger partial charge in [0, 0.05) is 25.3 Å². The number of aromatic nitrogens is 2. The van der Waals surface area contributed by atoms with Gasteiger partial charge in [0.1, 0.15) is 0 Å². The molecule has 0 amide bonds. The summed E-state index contributed by atoms with van der Waals surface area (Å²) < 4.78 is 1.98. The van der Waals surface area contributed by atoms with Crippen LogP contribution in [0, 0.1) is 0 Å². The van der Waals surface area contributed by atoms with Gasteiger partial charge in [-0.25, -0.2) is 0 Å². The first-order valence-electron chi connectivity index (χ1n) is 6.09. The zero-order chi connectivity index (χ0) is 11.5. The van der Waals surface area contributed by atoms with Crippen molar-refractivity contribution in [3.8, 4) is 0 Å². The quantitative estimate of drug-likeness (QED) is 0.842. The largest absolute Gasteiger partial charge is 0.392 e. The Labute approximate surface area is 96.9 Å². The second kappa shape index (κ2) is 4.97.